The lowest BCUT2D eigenvalue weighted by atomic mass is 10.2. The van der Waals surface area contributed by atoms with E-state index in [-0.39, 0.29) is 0 Å². The van der Waals surface area contributed by atoms with Crippen LogP contribution in [-0.4, -0.2) is 38.3 Å². The molecule has 1 N–H and O–H groups in total. The molecule has 0 aliphatic rings. The Hall–Kier alpha value is 0.270. The summed E-state index contributed by atoms with van der Waals surface area (Å²) in [6, 6.07) is 0. The van der Waals surface area contributed by atoms with Gasteiger partial charge in [-0.05, 0) is 31.2 Å². The predicted molar refractivity (Wildman–Crippen MR) is 61.5 cm³/mol. The third kappa shape index (κ3) is 10.2. The van der Waals surface area contributed by atoms with Crippen LogP contribution < -0.4 is 5.32 Å². The molecule has 0 rings (SSSR count). The fraction of sp³-hybridized carbons (Fsp3) is 1.00. The average Bonchev–Trinajstić information content (AvgIpc) is 2.13. The topological polar surface area (TPSA) is 21.3 Å². The fourth-order valence-electron chi connectivity index (χ4n) is 1.01. The van der Waals surface area contributed by atoms with E-state index in [0.717, 1.165) is 31.4 Å². The molecule has 0 spiro atoms. The zero-order valence-electron chi connectivity index (χ0n) is 9.14. The molecule has 0 aliphatic carbocycles. The molecular weight excluding hydrogens is 182 g/mol. The van der Waals surface area contributed by atoms with E-state index in [1.807, 2.05) is 11.8 Å². The molecule has 0 aromatic rings. The first-order valence-electron chi connectivity index (χ1n) is 5.08. The Kier molecular flexibility index (Phi) is 10.6. The first-order chi connectivity index (χ1) is 6.31. The van der Waals surface area contributed by atoms with Gasteiger partial charge in [0.15, 0.2) is 0 Å². The summed E-state index contributed by atoms with van der Waals surface area (Å²) in [5.74, 6) is 3.13. The van der Waals surface area contributed by atoms with Crippen LogP contribution in [0.5, 0.6) is 0 Å². The van der Waals surface area contributed by atoms with Gasteiger partial charge in [0.2, 0.25) is 0 Å². The standard InChI is InChI=1S/C10H23NOS/c1-4-5-11-8-10(2)9-13-7-6-12-3/h10-11H,4-9H2,1-3H3. The van der Waals surface area contributed by atoms with Crippen LogP contribution in [0.1, 0.15) is 20.3 Å². The minimum Gasteiger partial charge on any atom is -0.384 e. The van der Waals surface area contributed by atoms with Gasteiger partial charge in [-0.1, -0.05) is 13.8 Å². The van der Waals surface area contributed by atoms with Crippen LogP contribution in [0, 0.1) is 5.92 Å². The molecule has 0 aromatic heterocycles. The van der Waals surface area contributed by atoms with Gasteiger partial charge in [-0.15, -0.1) is 0 Å². The Bertz CT molecular complexity index is 101. The second-order valence-electron chi connectivity index (χ2n) is 3.38. The zero-order valence-corrected chi connectivity index (χ0v) is 9.95. The molecule has 13 heavy (non-hydrogen) atoms. The quantitative estimate of drug-likeness (QED) is 0.582. The summed E-state index contributed by atoms with van der Waals surface area (Å²) in [6.07, 6.45) is 1.23. The van der Waals surface area contributed by atoms with Crippen LogP contribution in [0.2, 0.25) is 0 Å². The van der Waals surface area contributed by atoms with Gasteiger partial charge in [0.05, 0.1) is 6.61 Å². The number of nitrogens with one attached hydrogen (secondary N) is 1. The molecular formula is C10H23NOS. The number of rotatable bonds is 9. The molecule has 1 unspecified atom stereocenters. The maximum Gasteiger partial charge on any atom is 0.0552 e. The SMILES string of the molecule is CCCNCC(C)CSCCOC. The average molecular weight is 205 g/mol. The summed E-state index contributed by atoms with van der Waals surface area (Å²) in [5.41, 5.74) is 0. The van der Waals surface area contributed by atoms with Gasteiger partial charge in [-0.25, -0.2) is 0 Å². The minimum absolute atomic E-state index is 0.772. The van der Waals surface area contributed by atoms with E-state index in [0.29, 0.717) is 0 Å². The summed E-state index contributed by atoms with van der Waals surface area (Å²) in [5, 5.41) is 3.43. The smallest absolute Gasteiger partial charge is 0.0552 e. The maximum atomic E-state index is 4.99. The highest BCUT2D eigenvalue weighted by Gasteiger charge is 2.00. The first kappa shape index (κ1) is 13.3. The molecule has 0 aliphatic heterocycles. The minimum atomic E-state index is 0.772. The number of hydrogen-bond donors (Lipinski definition) is 1. The maximum absolute atomic E-state index is 4.99. The normalized spacial score (nSPS) is 13.2. The van der Waals surface area contributed by atoms with Crippen LogP contribution in [0.25, 0.3) is 0 Å². The van der Waals surface area contributed by atoms with E-state index < -0.39 is 0 Å². The second kappa shape index (κ2) is 10.4. The Morgan fingerprint density at radius 3 is 2.85 bits per heavy atom. The van der Waals surface area contributed by atoms with Crippen molar-refractivity contribution in [1.29, 1.82) is 0 Å². The highest BCUT2D eigenvalue weighted by molar-refractivity contribution is 7.99. The molecule has 0 radical (unpaired) electrons. The third-order valence-corrected chi connectivity index (χ3v) is 3.01. The zero-order chi connectivity index (χ0) is 9.94. The monoisotopic (exact) mass is 205 g/mol. The van der Waals surface area contributed by atoms with Gasteiger partial charge in [-0.3, -0.25) is 0 Å². The van der Waals surface area contributed by atoms with Crippen molar-refractivity contribution in [2.24, 2.45) is 5.92 Å². The van der Waals surface area contributed by atoms with Crippen LogP contribution in [0.15, 0.2) is 0 Å². The molecule has 0 bridgehead atoms. The summed E-state index contributed by atoms with van der Waals surface area (Å²) in [7, 11) is 1.76. The van der Waals surface area contributed by atoms with Crippen molar-refractivity contribution >= 4 is 11.8 Å². The van der Waals surface area contributed by atoms with Gasteiger partial charge in [0.25, 0.3) is 0 Å². The fourth-order valence-corrected chi connectivity index (χ4v) is 1.98. The number of methoxy groups -OCH3 is 1. The van der Waals surface area contributed by atoms with Crippen LogP contribution in [-0.2, 0) is 4.74 Å². The predicted octanol–water partition coefficient (Wildman–Crippen LogP) is 2.00. The third-order valence-electron chi connectivity index (χ3n) is 1.75. The van der Waals surface area contributed by atoms with Crippen molar-refractivity contribution in [3.05, 3.63) is 0 Å². The van der Waals surface area contributed by atoms with E-state index in [1.165, 1.54) is 12.2 Å². The largest absolute Gasteiger partial charge is 0.384 e. The van der Waals surface area contributed by atoms with Crippen LogP contribution in [0.4, 0.5) is 0 Å². The van der Waals surface area contributed by atoms with E-state index in [2.05, 4.69) is 19.2 Å². The lowest BCUT2D eigenvalue weighted by Crippen LogP contribution is -2.23. The molecule has 1 atom stereocenters. The van der Waals surface area contributed by atoms with E-state index in [4.69, 9.17) is 4.74 Å². The molecule has 0 aromatic carbocycles. The number of hydrogen-bond acceptors (Lipinski definition) is 3. The molecule has 2 nitrogen and oxygen atoms in total. The molecule has 0 fully saturated rings. The van der Waals surface area contributed by atoms with E-state index in [9.17, 15) is 0 Å². The van der Waals surface area contributed by atoms with Crippen molar-refractivity contribution in [2.45, 2.75) is 20.3 Å². The summed E-state index contributed by atoms with van der Waals surface area (Å²) in [6.45, 7) is 7.66. The van der Waals surface area contributed by atoms with Crippen molar-refractivity contribution in [2.75, 3.05) is 38.3 Å². The second-order valence-corrected chi connectivity index (χ2v) is 4.53. The van der Waals surface area contributed by atoms with Gasteiger partial charge >= 0.3 is 0 Å². The summed E-state index contributed by atoms with van der Waals surface area (Å²) < 4.78 is 4.99. The Morgan fingerprint density at radius 1 is 1.46 bits per heavy atom. The molecule has 0 heterocycles. The van der Waals surface area contributed by atoms with Crippen molar-refractivity contribution in [3.63, 3.8) is 0 Å². The number of thioether (sulfide) groups is 1. The number of ether oxygens (including phenoxy) is 1. The lowest BCUT2D eigenvalue weighted by Gasteiger charge is -2.11. The Balaban J connectivity index is 3.05. The molecule has 0 amide bonds. The first-order valence-corrected chi connectivity index (χ1v) is 6.24. The molecule has 0 saturated heterocycles. The lowest BCUT2D eigenvalue weighted by molar-refractivity contribution is 0.218. The van der Waals surface area contributed by atoms with E-state index in [1.54, 1.807) is 7.11 Å². The Labute approximate surface area is 86.8 Å². The van der Waals surface area contributed by atoms with Crippen molar-refractivity contribution < 1.29 is 4.74 Å². The van der Waals surface area contributed by atoms with Crippen molar-refractivity contribution in [3.8, 4) is 0 Å². The summed E-state index contributed by atoms with van der Waals surface area (Å²) in [4.78, 5) is 0. The van der Waals surface area contributed by atoms with Crippen LogP contribution in [0.3, 0.4) is 0 Å². The molecule has 3 heteroatoms. The highest BCUT2D eigenvalue weighted by Crippen LogP contribution is 2.06. The van der Waals surface area contributed by atoms with E-state index >= 15 is 0 Å². The van der Waals surface area contributed by atoms with Crippen molar-refractivity contribution in [1.82, 2.24) is 5.32 Å². The Morgan fingerprint density at radius 2 is 2.23 bits per heavy atom. The van der Waals surface area contributed by atoms with Crippen LogP contribution >= 0.6 is 11.8 Å². The van der Waals surface area contributed by atoms with Gasteiger partial charge < -0.3 is 10.1 Å². The molecule has 0 saturated carbocycles. The highest BCUT2D eigenvalue weighted by atomic mass is 32.2. The van der Waals surface area contributed by atoms with Gasteiger partial charge in [0.1, 0.15) is 0 Å². The van der Waals surface area contributed by atoms with Gasteiger partial charge in [0, 0.05) is 12.9 Å². The summed E-state index contributed by atoms with van der Waals surface area (Å²) >= 11 is 1.98. The molecule has 80 valence electrons. The van der Waals surface area contributed by atoms with Gasteiger partial charge in [-0.2, -0.15) is 11.8 Å².